The van der Waals surface area contributed by atoms with Crippen molar-refractivity contribution in [3.8, 4) is 0 Å². The van der Waals surface area contributed by atoms with Gasteiger partial charge in [0.25, 0.3) is 0 Å². The first-order valence-electron chi connectivity index (χ1n) is 6.43. The first-order valence-corrected chi connectivity index (χ1v) is 6.43. The van der Waals surface area contributed by atoms with Gasteiger partial charge < -0.3 is 10.2 Å². The molecule has 1 aliphatic heterocycles. The molecule has 0 aliphatic carbocycles. The summed E-state index contributed by atoms with van der Waals surface area (Å²) in [5, 5.41) is 2.57. The molecule has 1 saturated heterocycles. The highest BCUT2D eigenvalue weighted by Crippen LogP contribution is 2.15. The van der Waals surface area contributed by atoms with E-state index < -0.39 is 6.04 Å². The van der Waals surface area contributed by atoms with Crippen molar-refractivity contribution in [1.82, 2.24) is 10.2 Å². The zero-order valence-corrected chi connectivity index (χ0v) is 10.6. The monoisotopic (exact) mass is 264 g/mol. The Bertz CT molecular complexity index is 447. The number of hydrogen-bond acceptors (Lipinski definition) is 2. The first kappa shape index (κ1) is 13.5. The van der Waals surface area contributed by atoms with Crippen LogP contribution < -0.4 is 5.32 Å². The zero-order valence-electron chi connectivity index (χ0n) is 10.6. The fourth-order valence-electron chi connectivity index (χ4n) is 2.31. The molecule has 1 heterocycles. The molecule has 0 bridgehead atoms. The standard InChI is InChI=1S/C14H17FN2O2/c15-12-6-4-11(5-7-12)9-17-8-2-1-3-13(14(17)19)16-10-18/h4-7,10,13H,1-3,8-9H2,(H,16,18)/t13-/m0/s1. The maximum atomic E-state index is 12.8. The van der Waals surface area contributed by atoms with Gasteiger partial charge in [0.1, 0.15) is 11.9 Å². The fourth-order valence-corrected chi connectivity index (χ4v) is 2.31. The largest absolute Gasteiger partial charge is 0.347 e. The summed E-state index contributed by atoms with van der Waals surface area (Å²) in [6, 6.07) is 5.70. The van der Waals surface area contributed by atoms with Gasteiger partial charge in [-0.1, -0.05) is 12.1 Å². The number of halogens is 1. The SMILES string of the molecule is O=CN[C@H]1CCCCN(Cc2ccc(F)cc2)C1=O. The molecule has 0 unspecified atom stereocenters. The summed E-state index contributed by atoms with van der Waals surface area (Å²) in [5.74, 6) is -0.347. The van der Waals surface area contributed by atoms with Gasteiger partial charge in [-0.15, -0.1) is 0 Å². The smallest absolute Gasteiger partial charge is 0.245 e. The zero-order chi connectivity index (χ0) is 13.7. The highest BCUT2D eigenvalue weighted by molar-refractivity contribution is 5.83. The maximum Gasteiger partial charge on any atom is 0.245 e. The lowest BCUT2D eigenvalue weighted by Gasteiger charge is -2.24. The van der Waals surface area contributed by atoms with Gasteiger partial charge in [0.2, 0.25) is 12.3 Å². The van der Waals surface area contributed by atoms with E-state index in [1.807, 2.05) is 0 Å². The van der Waals surface area contributed by atoms with Gasteiger partial charge in [-0.3, -0.25) is 9.59 Å². The van der Waals surface area contributed by atoms with E-state index in [0.717, 1.165) is 18.4 Å². The molecule has 0 radical (unpaired) electrons. The third-order valence-corrected chi connectivity index (χ3v) is 3.34. The normalized spacial score (nSPS) is 19.9. The summed E-state index contributed by atoms with van der Waals surface area (Å²) in [5.41, 5.74) is 0.890. The Morgan fingerprint density at radius 1 is 1.32 bits per heavy atom. The molecule has 5 heteroatoms. The molecule has 1 aromatic rings. The van der Waals surface area contributed by atoms with Crippen LogP contribution in [0.2, 0.25) is 0 Å². The highest BCUT2D eigenvalue weighted by Gasteiger charge is 2.26. The van der Waals surface area contributed by atoms with Crippen LogP contribution in [0.3, 0.4) is 0 Å². The van der Waals surface area contributed by atoms with E-state index in [2.05, 4.69) is 5.32 Å². The van der Waals surface area contributed by atoms with Crippen LogP contribution in [-0.4, -0.2) is 29.8 Å². The quantitative estimate of drug-likeness (QED) is 0.837. The third kappa shape index (κ3) is 3.53. The van der Waals surface area contributed by atoms with Crippen LogP contribution in [0.25, 0.3) is 0 Å². The number of amides is 2. The van der Waals surface area contributed by atoms with Crippen LogP contribution in [-0.2, 0) is 16.1 Å². The van der Waals surface area contributed by atoms with Crippen molar-refractivity contribution in [2.24, 2.45) is 0 Å². The van der Waals surface area contributed by atoms with Crippen molar-refractivity contribution < 1.29 is 14.0 Å². The van der Waals surface area contributed by atoms with E-state index in [1.165, 1.54) is 12.1 Å². The van der Waals surface area contributed by atoms with E-state index in [1.54, 1.807) is 17.0 Å². The summed E-state index contributed by atoms with van der Waals surface area (Å²) in [6.07, 6.45) is 3.09. The lowest BCUT2D eigenvalue weighted by Crippen LogP contribution is -2.44. The topological polar surface area (TPSA) is 49.4 Å². The Morgan fingerprint density at radius 2 is 2.05 bits per heavy atom. The Kier molecular flexibility index (Phi) is 4.49. The summed E-state index contributed by atoms with van der Waals surface area (Å²) < 4.78 is 12.8. The lowest BCUT2D eigenvalue weighted by molar-refractivity contribution is -0.134. The number of carbonyl (C=O) groups is 2. The van der Waals surface area contributed by atoms with Crippen molar-refractivity contribution in [2.75, 3.05) is 6.54 Å². The molecular weight excluding hydrogens is 247 g/mol. The number of carbonyl (C=O) groups excluding carboxylic acids is 2. The summed E-state index contributed by atoms with van der Waals surface area (Å²) >= 11 is 0. The van der Waals surface area contributed by atoms with Gasteiger partial charge in [0, 0.05) is 13.1 Å². The fraction of sp³-hybridized carbons (Fsp3) is 0.429. The number of likely N-dealkylation sites (tertiary alicyclic amines) is 1. The van der Waals surface area contributed by atoms with E-state index in [9.17, 15) is 14.0 Å². The van der Waals surface area contributed by atoms with Crippen LogP contribution in [0.5, 0.6) is 0 Å². The van der Waals surface area contributed by atoms with E-state index in [4.69, 9.17) is 0 Å². The summed E-state index contributed by atoms with van der Waals surface area (Å²) in [6.45, 7) is 1.13. The van der Waals surface area contributed by atoms with Crippen molar-refractivity contribution in [3.63, 3.8) is 0 Å². The Labute approximate surface area is 111 Å². The minimum absolute atomic E-state index is 0.0612. The summed E-state index contributed by atoms with van der Waals surface area (Å²) in [7, 11) is 0. The average Bonchev–Trinajstić information content (AvgIpc) is 2.57. The van der Waals surface area contributed by atoms with Gasteiger partial charge in [-0.2, -0.15) is 0 Å². The molecule has 2 amide bonds. The van der Waals surface area contributed by atoms with Gasteiger partial charge in [0.05, 0.1) is 0 Å². The maximum absolute atomic E-state index is 12.8. The predicted molar refractivity (Wildman–Crippen MR) is 68.7 cm³/mol. The second-order valence-corrected chi connectivity index (χ2v) is 4.72. The molecule has 1 fully saturated rings. The van der Waals surface area contributed by atoms with Gasteiger partial charge >= 0.3 is 0 Å². The Morgan fingerprint density at radius 3 is 2.74 bits per heavy atom. The molecule has 1 aliphatic rings. The van der Waals surface area contributed by atoms with E-state index >= 15 is 0 Å². The van der Waals surface area contributed by atoms with Crippen LogP contribution in [0.15, 0.2) is 24.3 Å². The Balaban J connectivity index is 2.06. The number of rotatable bonds is 4. The molecule has 19 heavy (non-hydrogen) atoms. The number of hydrogen-bond donors (Lipinski definition) is 1. The van der Waals surface area contributed by atoms with Crippen LogP contribution >= 0.6 is 0 Å². The molecule has 102 valence electrons. The van der Waals surface area contributed by atoms with Gasteiger partial charge in [0.15, 0.2) is 0 Å². The minimum Gasteiger partial charge on any atom is -0.347 e. The number of nitrogens with one attached hydrogen (secondary N) is 1. The molecule has 4 nitrogen and oxygen atoms in total. The molecule has 0 spiro atoms. The first-order chi connectivity index (χ1) is 9.20. The van der Waals surface area contributed by atoms with Gasteiger partial charge in [-0.05, 0) is 37.0 Å². The predicted octanol–water partition coefficient (Wildman–Crippen LogP) is 1.45. The average molecular weight is 264 g/mol. The van der Waals surface area contributed by atoms with Crippen LogP contribution in [0.4, 0.5) is 4.39 Å². The van der Waals surface area contributed by atoms with Crippen molar-refractivity contribution in [1.29, 1.82) is 0 Å². The molecule has 1 atom stereocenters. The van der Waals surface area contributed by atoms with Crippen LogP contribution in [0.1, 0.15) is 24.8 Å². The lowest BCUT2D eigenvalue weighted by atomic mass is 10.1. The second-order valence-electron chi connectivity index (χ2n) is 4.72. The molecule has 0 saturated carbocycles. The van der Waals surface area contributed by atoms with E-state index in [0.29, 0.717) is 25.9 Å². The van der Waals surface area contributed by atoms with E-state index in [-0.39, 0.29) is 11.7 Å². The Hall–Kier alpha value is -1.91. The van der Waals surface area contributed by atoms with Crippen molar-refractivity contribution >= 4 is 12.3 Å². The van der Waals surface area contributed by atoms with Crippen LogP contribution in [0, 0.1) is 5.82 Å². The van der Waals surface area contributed by atoms with Gasteiger partial charge in [-0.25, -0.2) is 4.39 Å². The molecular formula is C14H17FN2O2. The number of nitrogens with zero attached hydrogens (tertiary/aromatic N) is 1. The second kappa shape index (κ2) is 6.31. The van der Waals surface area contributed by atoms with Crippen molar-refractivity contribution in [2.45, 2.75) is 31.8 Å². The third-order valence-electron chi connectivity index (χ3n) is 3.34. The molecule has 0 aromatic heterocycles. The number of benzene rings is 1. The molecule has 2 rings (SSSR count). The van der Waals surface area contributed by atoms with Crippen molar-refractivity contribution in [3.05, 3.63) is 35.6 Å². The summed E-state index contributed by atoms with van der Waals surface area (Å²) in [4.78, 5) is 24.5. The molecule has 1 aromatic carbocycles. The molecule has 1 N–H and O–H groups in total. The highest BCUT2D eigenvalue weighted by atomic mass is 19.1. The minimum atomic E-state index is -0.430.